The maximum Gasteiger partial charge on any atom is 0.150 e. The highest BCUT2D eigenvalue weighted by Gasteiger charge is 2.15. The monoisotopic (exact) mass is 299 g/mol. The van der Waals surface area contributed by atoms with Crippen LogP contribution in [0, 0.1) is 5.82 Å². The molecular formula is C13H15ClFN3S. The maximum absolute atomic E-state index is 13.8. The van der Waals surface area contributed by atoms with E-state index >= 15 is 0 Å². The van der Waals surface area contributed by atoms with Gasteiger partial charge in [0.15, 0.2) is 5.01 Å². The number of hydrogen-bond acceptors (Lipinski definition) is 4. The fourth-order valence-electron chi connectivity index (χ4n) is 1.63. The van der Waals surface area contributed by atoms with Gasteiger partial charge in [0.2, 0.25) is 0 Å². The fourth-order valence-corrected chi connectivity index (χ4v) is 2.69. The molecule has 1 aromatic carbocycles. The second kappa shape index (κ2) is 6.41. The zero-order chi connectivity index (χ0) is 13.8. The number of nitrogens with one attached hydrogen (secondary N) is 1. The molecule has 0 aliphatic rings. The van der Waals surface area contributed by atoms with Crippen molar-refractivity contribution in [2.75, 3.05) is 6.54 Å². The van der Waals surface area contributed by atoms with Gasteiger partial charge < -0.3 is 5.32 Å². The standard InChI is InChI=1S/C13H15ClFN3S/c1-3-6-16-8(2)12-17-18-13(19-12)10-5-4-9(14)7-11(10)15/h4-5,7-8,16H,3,6H2,1-2H3. The predicted octanol–water partition coefficient (Wildman–Crippen LogP) is 4.06. The zero-order valence-electron chi connectivity index (χ0n) is 10.8. The summed E-state index contributed by atoms with van der Waals surface area (Å²) in [4.78, 5) is 0. The van der Waals surface area contributed by atoms with E-state index in [0.717, 1.165) is 18.0 Å². The number of nitrogens with zero attached hydrogens (tertiary/aromatic N) is 2. The topological polar surface area (TPSA) is 37.8 Å². The van der Waals surface area contributed by atoms with Crippen LogP contribution < -0.4 is 5.32 Å². The Bertz CT molecular complexity index is 559. The van der Waals surface area contributed by atoms with E-state index in [4.69, 9.17) is 11.6 Å². The third-order valence-electron chi connectivity index (χ3n) is 2.67. The van der Waals surface area contributed by atoms with Crippen molar-refractivity contribution in [2.24, 2.45) is 0 Å². The minimum atomic E-state index is -0.371. The first-order valence-electron chi connectivity index (χ1n) is 6.14. The molecule has 6 heteroatoms. The summed E-state index contributed by atoms with van der Waals surface area (Å²) in [7, 11) is 0. The van der Waals surface area contributed by atoms with Crippen molar-refractivity contribution in [3.8, 4) is 10.6 Å². The number of halogens is 2. The van der Waals surface area contributed by atoms with Crippen molar-refractivity contribution in [2.45, 2.75) is 26.3 Å². The molecule has 1 N–H and O–H groups in total. The van der Waals surface area contributed by atoms with Gasteiger partial charge in [-0.3, -0.25) is 0 Å². The van der Waals surface area contributed by atoms with E-state index in [1.165, 1.54) is 17.4 Å². The van der Waals surface area contributed by atoms with E-state index in [-0.39, 0.29) is 11.9 Å². The summed E-state index contributed by atoms with van der Waals surface area (Å²) in [6.45, 7) is 5.05. The van der Waals surface area contributed by atoms with E-state index in [1.54, 1.807) is 12.1 Å². The first-order chi connectivity index (χ1) is 9.11. The van der Waals surface area contributed by atoms with Crippen LogP contribution in [0.25, 0.3) is 10.6 Å². The number of benzene rings is 1. The molecule has 1 heterocycles. The average molecular weight is 300 g/mol. The van der Waals surface area contributed by atoms with Crippen LogP contribution in [-0.4, -0.2) is 16.7 Å². The third-order valence-corrected chi connectivity index (χ3v) is 4.05. The fraction of sp³-hybridized carbons (Fsp3) is 0.385. The first-order valence-corrected chi connectivity index (χ1v) is 7.33. The van der Waals surface area contributed by atoms with Crippen LogP contribution in [0.4, 0.5) is 4.39 Å². The minimum Gasteiger partial charge on any atom is -0.308 e. The molecule has 0 amide bonds. The Balaban J connectivity index is 2.20. The molecule has 19 heavy (non-hydrogen) atoms. The van der Waals surface area contributed by atoms with Gasteiger partial charge >= 0.3 is 0 Å². The second-order valence-electron chi connectivity index (χ2n) is 4.25. The van der Waals surface area contributed by atoms with Gasteiger partial charge in [0.05, 0.1) is 6.04 Å². The second-order valence-corrected chi connectivity index (χ2v) is 5.69. The van der Waals surface area contributed by atoms with Crippen LogP contribution in [-0.2, 0) is 0 Å². The highest BCUT2D eigenvalue weighted by molar-refractivity contribution is 7.14. The third kappa shape index (κ3) is 3.49. The van der Waals surface area contributed by atoms with Gasteiger partial charge in [0.25, 0.3) is 0 Å². The van der Waals surface area contributed by atoms with E-state index < -0.39 is 0 Å². The SMILES string of the molecule is CCCNC(C)c1nnc(-c2ccc(Cl)cc2F)s1. The number of rotatable bonds is 5. The molecule has 2 aromatic rings. The summed E-state index contributed by atoms with van der Waals surface area (Å²) < 4.78 is 13.8. The summed E-state index contributed by atoms with van der Waals surface area (Å²) in [6.07, 6.45) is 1.06. The van der Waals surface area contributed by atoms with Gasteiger partial charge in [0.1, 0.15) is 10.8 Å². The van der Waals surface area contributed by atoms with Gasteiger partial charge in [-0.25, -0.2) is 4.39 Å². The Morgan fingerprint density at radius 3 is 2.89 bits per heavy atom. The Labute approximate surface area is 120 Å². The number of hydrogen-bond donors (Lipinski definition) is 1. The van der Waals surface area contributed by atoms with Gasteiger partial charge in [-0.1, -0.05) is 29.9 Å². The quantitative estimate of drug-likeness (QED) is 0.905. The summed E-state index contributed by atoms with van der Waals surface area (Å²) >= 11 is 7.13. The largest absolute Gasteiger partial charge is 0.308 e. The van der Waals surface area contributed by atoms with Crippen LogP contribution in [0.15, 0.2) is 18.2 Å². The molecule has 1 unspecified atom stereocenters. The first kappa shape index (κ1) is 14.4. The van der Waals surface area contributed by atoms with Gasteiger partial charge in [-0.2, -0.15) is 0 Å². The summed E-state index contributed by atoms with van der Waals surface area (Å²) in [5.41, 5.74) is 0.441. The molecule has 0 fully saturated rings. The van der Waals surface area contributed by atoms with E-state index in [9.17, 15) is 4.39 Å². The van der Waals surface area contributed by atoms with Crippen LogP contribution in [0.5, 0.6) is 0 Å². The van der Waals surface area contributed by atoms with Crippen LogP contribution >= 0.6 is 22.9 Å². The molecular weight excluding hydrogens is 285 g/mol. The van der Waals surface area contributed by atoms with Crippen molar-refractivity contribution >= 4 is 22.9 Å². The Morgan fingerprint density at radius 1 is 1.42 bits per heavy atom. The molecule has 0 aliphatic carbocycles. The lowest BCUT2D eigenvalue weighted by Gasteiger charge is -2.08. The lowest BCUT2D eigenvalue weighted by atomic mass is 10.2. The predicted molar refractivity (Wildman–Crippen MR) is 77.0 cm³/mol. The van der Waals surface area contributed by atoms with Crippen molar-refractivity contribution in [3.63, 3.8) is 0 Å². The molecule has 0 bridgehead atoms. The summed E-state index contributed by atoms with van der Waals surface area (Å²) in [6, 6.07) is 4.70. The van der Waals surface area contributed by atoms with Crippen molar-refractivity contribution in [1.82, 2.24) is 15.5 Å². The van der Waals surface area contributed by atoms with Gasteiger partial charge in [0, 0.05) is 10.6 Å². The average Bonchev–Trinajstić information content (AvgIpc) is 2.85. The molecule has 102 valence electrons. The smallest absolute Gasteiger partial charge is 0.150 e. The molecule has 1 atom stereocenters. The highest BCUT2D eigenvalue weighted by atomic mass is 35.5. The van der Waals surface area contributed by atoms with E-state index in [2.05, 4.69) is 22.4 Å². The summed E-state index contributed by atoms with van der Waals surface area (Å²) in [5.74, 6) is -0.371. The zero-order valence-corrected chi connectivity index (χ0v) is 12.4. The molecule has 2 rings (SSSR count). The van der Waals surface area contributed by atoms with Gasteiger partial charge in [-0.15, -0.1) is 10.2 Å². The molecule has 1 aromatic heterocycles. The Morgan fingerprint density at radius 2 is 2.21 bits per heavy atom. The molecule has 0 aliphatic heterocycles. The lowest BCUT2D eigenvalue weighted by Crippen LogP contribution is -2.18. The maximum atomic E-state index is 13.8. The van der Waals surface area contributed by atoms with Crippen molar-refractivity contribution < 1.29 is 4.39 Å². The van der Waals surface area contributed by atoms with Gasteiger partial charge in [-0.05, 0) is 38.1 Å². The molecule has 0 saturated carbocycles. The molecule has 0 spiro atoms. The Kier molecular flexibility index (Phi) is 4.85. The number of aromatic nitrogens is 2. The highest BCUT2D eigenvalue weighted by Crippen LogP contribution is 2.29. The van der Waals surface area contributed by atoms with Crippen LogP contribution in [0.1, 0.15) is 31.3 Å². The van der Waals surface area contributed by atoms with Crippen molar-refractivity contribution in [3.05, 3.63) is 34.0 Å². The van der Waals surface area contributed by atoms with E-state index in [1.807, 2.05) is 6.92 Å². The lowest BCUT2D eigenvalue weighted by molar-refractivity contribution is 0.564. The van der Waals surface area contributed by atoms with Crippen LogP contribution in [0.3, 0.4) is 0 Å². The molecule has 3 nitrogen and oxygen atoms in total. The Hall–Kier alpha value is -1.04. The normalized spacial score (nSPS) is 12.6. The minimum absolute atomic E-state index is 0.126. The van der Waals surface area contributed by atoms with E-state index in [0.29, 0.717) is 15.6 Å². The molecule has 0 radical (unpaired) electrons. The van der Waals surface area contributed by atoms with Crippen LogP contribution in [0.2, 0.25) is 5.02 Å². The molecule has 0 saturated heterocycles. The van der Waals surface area contributed by atoms with Crippen molar-refractivity contribution in [1.29, 1.82) is 0 Å². The summed E-state index contributed by atoms with van der Waals surface area (Å²) in [5, 5.41) is 13.3.